The van der Waals surface area contributed by atoms with Gasteiger partial charge in [0.15, 0.2) is 5.78 Å². The maximum absolute atomic E-state index is 10.8. The zero-order valence-corrected chi connectivity index (χ0v) is 15.2. The van der Waals surface area contributed by atoms with Crippen LogP contribution in [-0.4, -0.2) is 37.2 Å². The highest BCUT2D eigenvalue weighted by Crippen LogP contribution is 2.16. The number of aromatic amines is 2. The summed E-state index contributed by atoms with van der Waals surface area (Å²) in [4.78, 5) is 29.8. The molecule has 0 aliphatic carbocycles. The Labute approximate surface area is 160 Å². The average Bonchev–Trinajstić information content (AvgIpc) is 3.27. The lowest BCUT2D eigenvalue weighted by atomic mass is 10.4. The molecular formula is C17H18N8O3. The molecule has 0 bridgehead atoms. The van der Waals surface area contributed by atoms with Crippen molar-refractivity contribution in [3.8, 4) is 0 Å². The van der Waals surface area contributed by atoms with Gasteiger partial charge in [0.2, 0.25) is 16.9 Å². The van der Waals surface area contributed by atoms with E-state index in [0.717, 1.165) is 0 Å². The molecule has 3 aromatic rings. The van der Waals surface area contributed by atoms with Crippen molar-refractivity contribution in [2.24, 2.45) is 0 Å². The summed E-state index contributed by atoms with van der Waals surface area (Å²) in [6.07, 6.45) is 7.12. The predicted octanol–water partition coefficient (Wildman–Crippen LogP) is 2.24. The van der Waals surface area contributed by atoms with Crippen LogP contribution in [0.5, 0.6) is 0 Å². The van der Waals surface area contributed by atoms with Crippen LogP contribution in [0.25, 0.3) is 15.3 Å². The number of carbonyl (C=O) groups is 1. The number of hydrogen-bond acceptors (Lipinski definition) is 6. The summed E-state index contributed by atoms with van der Waals surface area (Å²) >= 11 is 0. The fourth-order valence-corrected chi connectivity index (χ4v) is 1.58. The van der Waals surface area contributed by atoms with E-state index in [0.29, 0.717) is 29.4 Å². The van der Waals surface area contributed by atoms with Gasteiger partial charge in [-0.1, -0.05) is 0 Å². The van der Waals surface area contributed by atoms with Crippen molar-refractivity contribution < 1.29 is 9.53 Å². The SMILES string of the molecule is CCO/C=C/C(C)=O.[C-]#[N+]c1cn[nH]c1N.[C-]#[N+]c1cnn2ccc(=O)[nH]c12. The van der Waals surface area contributed by atoms with Gasteiger partial charge in [0.1, 0.15) is 11.5 Å². The van der Waals surface area contributed by atoms with E-state index >= 15 is 0 Å². The molecule has 0 saturated carbocycles. The van der Waals surface area contributed by atoms with Crippen LogP contribution in [0.3, 0.4) is 0 Å². The minimum atomic E-state index is -0.229. The maximum atomic E-state index is 10.8. The van der Waals surface area contributed by atoms with Crippen LogP contribution in [0.4, 0.5) is 17.2 Å². The summed E-state index contributed by atoms with van der Waals surface area (Å²) < 4.78 is 6.20. The maximum Gasteiger partial charge on any atom is 0.250 e. The number of allylic oxidation sites excluding steroid dienone is 1. The highest BCUT2D eigenvalue weighted by molar-refractivity contribution is 5.86. The Morgan fingerprint density at radius 1 is 1.36 bits per heavy atom. The average molecular weight is 382 g/mol. The molecule has 11 nitrogen and oxygen atoms in total. The van der Waals surface area contributed by atoms with E-state index in [4.69, 9.17) is 23.6 Å². The number of nitrogens with zero attached hydrogens (tertiary/aromatic N) is 5. The van der Waals surface area contributed by atoms with Gasteiger partial charge in [-0.15, -0.1) is 0 Å². The van der Waals surface area contributed by atoms with Crippen LogP contribution in [0.15, 0.2) is 41.8 Å². The number of anilines is 1. The minimum absolute atomic E-state index is 0.0125. The summed E-state index contributed by atoms with van der Waals surface area (Å²) in [5, 5.41) is 9.83. The monoisotopic (exact) mass is 382 g/mol. The first kappa shape index (κ1) is 21.7. The highest BCUT2D eigenvalue weighted by atomic mass is 16.5. The molecule has 0 aliphatic rings. The summed E-state index contributed by atoms with van der Waals surface area (Å²) in [6, 6.07) is 1.35. The Morgan fingerprint density at radius 3 is 2.57 bits per heavy atom. The molecule has 11 heteroatoms. The third-order valence-corrected chi connectivity index (χ3v) is 2.84. The lowest BCUT2D eigenvalue weighted by Gasteiger charge is -1.89. The summed E-state index contributed by atoms with van der Waals surface area (Å²) in [5.41, 5.74) is 6.17. The van der Waals surface area contributed by atoms with E-state index in [-0.39, 0.29) is 11.3 Å². The summed E-state index contributed by atoms with van der Waals surface area (Å²) in [6.45, 7) is 17.2. The standard InChI is InChI=1S/C7H4N4O.C6H10O2.C4H4N4/c1-8-5-4-9-11-3-2-6(12)10-7(5)11;1-3-8-5-4-6(2)7;1-6-3-2-7-8-4(3)5/h2-4H,(H,10,12);4-5H,3H2,1-2H3;2H,(H3,5,7,8)/b;5-4+;. The van der Waals surface area contributed by atoms with Crippen molar-refractivity contribution >= 4 is 28.6 Å². The van der Waals surface area contributed by atoms with Crippen LogP contribution in [0, 0.1) is 13.1 Å². The Kier molecular flexibility index (Phi) is 8.72. The van der Waals surface area contributed by atoms with Crippen LogP contribution < -0.4 is 11.3 Å². The third-order valence-electron chi connectivity index (χ3n) is 2.84. The molecule has 0 aliphatic heterocycles. The van der Waals surface area contributed by atoms with Gasteiger partial charge in [0, 0.05) is 18.3 Å². The molecule has 144 valence electrons. The van der Waals surface area contributed by atoms with Crippen LogP contribution in [-0.2, 0) is 9.53 Å². The minimum Gasteiger partial charge on any atom is -0.501 e. The molecule has 0 saturated heterocycles. The molecule has 28 heavy (non-hydrogen) atoms. The van der Waals surface area contributed by atoms with Gasteiger partial charge >= 0.3 is 0 Å². The number of H-pyrrole nitrogens is 2. The first-order valence-electron chi connectivity index (χ1n) is 7.82. The fourth-order valence-electron chi connectivity index (χ4n) is 1.58. The highest BCUT2D eigenvalue weighted by Gasteiger charge is 2.02. The smallest absolute Gasteiger partial charge is 0.250 e. The summed E-state index contributed by atoms with van der Waals surface area (Å²) in [5.74, 6) is 0.346. The fraction of sp³-hybridized carbons (Fsp3) is 0.176. The first-order chi connectivity index (χ1) is 13.4. The summed E-state index contributed by atoms with van der Waals surface area (Å²) in [7, 11) is 0. The predicted molar refractivity (Wildman–Crippen MR) is 103 cm³/mol. The second-order valence-corrected chi connectivity index (χ2v) is 4.89. The Morgan fingerprint density at radius 2 is 2.07 bits per heavy atom. The topological polar surface area (TPSA) is 140 Å². The van der Waals surface area contributed by atoms with Gasteiger partial charge in [-0.3, -0.25) is 14.7 Å². The molecule has 0 aromatic carbocycles. The number of nitrogens with one attached hydrogen (secondary N) is 2. The van der Waals surface area contributed by atoms with E-state index in [9.17, 15) is 9.59 Å². The Hall–Kier alpha value is -4.38. The lowest BCUT2D eigenvalue weighted by Crippen LogP contribution is -2.05. The second-order valence-electron chi connectivity index (χ2n) is 4.89. The Bertz CT molecular complexity index is 1080. The van der Waals surface area contributed by atoms with Crippen molar-refractivity contribution in [3.63, 3.8) is 0 Å². The molecule has 3 aromatic heterocycles. The van der Waals surface area contributed by atoms with Gasteiger partial charge in [0.05, 0.1) is 38.4 Å². The molecule has 3 heterocycles. The van der Waals surface area contributed by atoms with Crippen molar-refractivity contribution in [3.05, 3.63) is 70.2 Å². The van der Waals surface area contributed by atoms with Crippen molar-refractivity contribution in [2.75, 3.05) is 12.3 Å². The number of aromatic nitrogens is 5. The Balaban J connectivity index is 0.000000219. The molecule has 0 unspecified atom stereocenters. The molecule has 0 atom stereocenters. The van der Waals surface area contributed by atoms with Crippen LogP contribution in [0.2, 0.25) is 0 Å². The van der Waals surface area contributed by atoms with Gasteiger partial charge < -0.3 is 15.5 Å². The van der Waals surface area contributed by atoms with E-state index in [1.165, 1.54) is 48.4 Å². The molecular weight excluding hydrogens is 364 g/mol. The van der Waals surface area contributed by atoms with Crippen molar-refractivity contribution in [1.82, 2.24) is 24.8 Å². The number of fused-ring (bicyclic) bond motifs is 1. The molecule has 0 spiro atoms. The van der Waals surface area contributed by atoms with Gasteiger partial charge in [-0.2, -0.15) is 10.2 Å². The molecule has 4 N–H and O–H groups in total. The first-order valence-corrected chi connectivity index (χ1v) is 7.82. The number of nitrogen functional groups attached to an aromatic ring is 1. The van der Waals surface area contributed by atoms with Gasteiger partial charge in [0.25, 0.3) is 0 Å². The zero-order valence-electron chi connectivity index (χ0n) is 15.2. The molecule has 0 fully saturated rings. The van der Waals surface area contributed by atoms with E-state index in [2.05, 4.69) is 30.0 Å². The third kappa shape index (κ3) is 6.85. The second kappa shape index (κ2) is 11.3. The number of carbonyl (C=O) groups excluding carboxylic acids is 1. The van der Waals surface area contributed by atoms with E-state index in [1.54, 1.807) is 0 Å². The molecule has 0 radical (unpaired) electrons. The van der Waals surface area contributed by atoms with Gasteiger partial charge in [-0.25, -0.2) is 14.2 Å². The van der Waals surface area contributed by atoms with E-state index in [1.807, 2.05) is 6.92 Å². The lowest BCUT2D eigenvalue weighted by molar-refractivity contribution is -0.112. The quantitative estimate of drug-likeness (QED) is 0.360. The van der Waals surface area contributed by atoms with Crippen LogP contribution >= 0.6 is 0 Å². The number of rotatable bonds is 3. The number of nitrogens with two attached hydrogens (primary N) is 1. The largest absolute Gasteiger partial charge is 0.501 e. The number of ketones is 1. The number of hydrogen-bond donors (Lipinski definition) is 3. The molecule has 3 rings (SSSR count). The van der Waals surface area contributed by atoms with Gasteiger partial charge in [-0.05, 0) is 13.8 Å². The van der Waals surface area contributed by atoms with Crippen molar-refractivity contribution in [2.45, 2.75) is 13.8 Å². The number of ether oxygens (including phenoxy) is 1. The van der Waals surface area contributed by atoms with Crippen LogP contribution in [0.1, 0.15) is 13.8 Å². The van der Waals surface area contributed by atoms with E-state index < -0.39 is 0 Å². The normalized spacial score (nSPS) is 9.43. The zero-order chi connectivity index (χ0) is 20.9. The molecule has 0 amide bonds. The van der Waals surface area contributed by atoms with Crippen molar-refractivity contribution in [1.29, 1.82) is 0 Å².